The van der Waals surface area contributed by atoms with Crippen LogP contribution in [0.4, 0.5) is 0 Å². The molecule has 2 bridgehead atoms. The zero-order valence-electron chi connectivity index (χ0n) is 11.0. The van der Waals surface area contributed by atoms with Crippen molar-refractivity contribution >= 4 is 11.9 Å². The molecule has 0 saturated carbocycles. The van der Waals surface area contributed by atoms with Crippen LogP contribution in [0.1, 0.15) is 39.5 Å². The highest BCUT2D eigenvalue weighted by Gasteiger charge is 2.43. The number of carboxylic acids is 1. The van der Waals surface area contributed by atoms with Crippen molar-refractivity contribution in [2.75, 3.05) is 0 Å². The number of carbonyl (C=O) groups excluding carboxylic acids is 1. The third-order valence-corrected chi connectivity index (χ3v) is 4.41. The largest absolute Gasteiger partial charge is 0.480 e. The van der Waals surface area contributed by atoms with Crippen LogP contribution in [0, 0.1) is 11.8 Å². The first-order chi connectivity index (χ1) is 8.52. The molecule has 0 aromatic heterocycles. The number of aliphatic carboxylic acids is 1. The smallest absolute Gasteiger partial charge is 0.326 e. The Labute approximate surface area is 107 Å². The normalized spacial score (nSPS) is 33.1. The van der Waals surface area contributed by atoms with Gasteiger partial charge in [0.15, 0.2) is 0 Å². The van der Waals surface area contributed by atoms with Crippen molar-refractivity contribution in [1.82, 2.24) is 10.6 Å². The third kappa shape index (κ3) is 2.51. The molecule has 0 radical (unpaired) electrons. The van der Waals surface area contributed by atoms with Gasteiger partial charge in [0, 0.05) is 12.1 Å². The Balaban J connectivity index is 1.95. The maximum atomic E-state index is 12.2. The maximum absolute atomic E-state index is 12.2. The lowest BCUT2D eigenvalue weighted by atomic mass is 9.88. The van der Waals surface area contributed by atoms with E-state index in [0.717, 1.165) is 25.7 Å². The van der Waals surface area contributed by atoms with Crippen molar-refractivity contribution in [2.24, 2.45) is 11.8 Å². The van der Waals surface area contributed by atoms with Crippen LogP contribution in [-0.4, -0.2) is 35.1 Å². The van der Waals surface area contributed by atoms with E-state index in [9.17, 15) is 9.59 Å². The fraction of sp³-hybridized carbons (Fsp3) is 0.846. The highest BCUT2D eigenvalue weighted by atomic mass is 16.4. The van der Waals surface area contributed by atoms with Gasteiger partial charge in [-0.15, -0.1) is 0 Å². The molecule has 102 valence electrons. The highest BCUT2D eigenvalue weighted by Crippen LogP contribution is 2.33. The molecule has 1 amide bonds. The van der Waals surface area contributed by atoms with Gasteiger partial charge in [0.25, 0.3) is 0 Å². The average molecular weight is 254 g/mol. The summed E-state index contributed by atoms with van der Waals surface area (Å²) in [4.78, 5) is 23.3. The van der Waals surface area contributed by atoms with Crippen molar-refractivity contribution < 1.29 is 14.7 Å². The van der Waals surface area contributed by atoms with Crippen LogP contribution in [-0.2, 0) is 9.59 Å². The minimum Gasteiger partial charge on any atom is -0.480 e. The zero-order chi connectivity index (χ0) is 13.3. The van der Waals surface area contributed by atoms with Crippen molar-refractivity contribution in [3.8, 4) is 0 Å². The van der Waals surface area contributed by atoms with E-state index in [2.05, 4.69) is 10.6 Å². The predicted octanol–water partition coefficient (Wildman–Crippen LogP) is 0.742. The Morgan fingerprint density at radius 2 is 2.17 bits per heavy atom. The van der Waals surface area contributed by atoms with Gasteiger partial charge in [0.05, 0.1) is 5.92 Å². The molecule has 2 heterocycles. The summed E-state index contributed by atoms with van der Waals surface area (Å²) in [6, 6.07) is -0.0550. The molecule has 0 aromatic carbocycles. The van der Waals surface area contributed by atoms with E-state index in [4.69, 9.17) is 5.11 Å². The SMILES string of the molecule is CC[C@H](C)[C@H](NC(=O)C1CC2CCC1N2)C(=O)O. The van der Waals surface area contributed by atoms with E-state index in [0.29, 0.717) is 6.04 Å². The molecule has 0 aromatic rings. The lowest BCUT2D eigenvalue weighted by molar-refractivity contribution is -0.144. The molecular weight excluding hydrogens is 232 g/mol. The zero-order valence-corrected chi connectivity index (χ0v) is 11.0. The van der Waals surface area contributed by atoms with Crippen LogP contribution < -0.4 is 10.6 Å². The maximum Gasteiger partial charge on any atom is 0.326 e. The molecule has 2 aliphatic heterocycles. The number of hydrogen-bond donors (Lipinski definition) is 3. The predicted molar refractivity (Wildman–Crippen MR) is 67.1 cm³/mol. The van der Waals surface area contributed by atoms with Gasteiger partial charge < -0.3 is 15.7 Å². The molecule has 5 nitrogen and oxygen atoms in total. The molecule has 18 heavy (non-hydrogen) atoms. The molecule has 0 aliphatic carbocycles. The summed E-state index contributed by atoms with van der Waals surface area (Å²) in [6.45, 7) is 3.80. The first-order valence-corrected chi connectivity index (χ1v) is 6.82. The number of carboxylic acid groups (broad SMARTS) is 1. The van der Waals surface area contributed by atoms with E-state index < -0.39 is 12.0 Å². The molecular formula is C13H22N2O3. The number of nitrogens with one attached hydrogen (secondary N) is 2. The molecule has 3 unspecified atom stereocenters. The molecule has 0 spiro atoms. The van der Waals surface area contributed by atoms with Crippen molar-refractivity contribution in [1.29, 1.82) is 0 Å². The molecule has 3 N–H and O–H groups in total. The molecule has 2 fully saturated rings. The second-order valence-electron chi connectivity index (χ2n) is 5.60. The Kier molecular flexibility index (Phi) is 3.90. The van der Waals surface area contributed by atoms with Crippen LogP contribution in [0.3, 0.4) is 0 Å². The average Bonchev–Trinajstić information content (AvgIpc) is 2.96. The van der Waals surface area contributed by atoms with Crippen LogP contribution in [0.15, 0.2) is 0 Å². The second-order valence-corrected chi connectivity index (χ2v) is 5.60. The first kappa shape index (κ1) is 13.3. The van der Waals surface area contributed by atoms with Crippen molar-refractivity contribution in [3.05, 3.63) is 0 Å². The van der Waals surface area contributed by atoms with Gasteiger partial charge in [-0.25, -0.2) is 4.79 Å². The van der Waals surface area contributed by atoms with Gasteiger partial charge in [-0.2, -0.15) is 0 Å². The summed E-state index contributed by atoms with van der Waals surface area (Å²) in [5.41, 5.74) is 0. The Morgan fingerprint density at radius 1 is 1.44 bits per heavy atom. The quantitative estimate of drug-likeness (QED) is 0.676. The molecule has 5 heteroatoms. The van der Waals surface area contributed by atoms with E-state index in [1.165, 1.54) is 0 Å². The monoisotopic (exact) mass is 254 g/mol. The number of fused-ring (bicyclic) bond motifs is 2. The fourth-order valence-corrected chi connectivity index (χ4v) is 3.06. The summed E-state index contributed by atoms with van der Waals surface area (Å²) >= 11 is 0. The summed E-state index contributed by atoms with van der Waals surface area (Å²) in [6.07, 6.45) is 3.77. The second kappa shape index (κ2) is 5.26. The van der Waals surface area contributed by atoms with Gasteiger partial charge in [-0.05, 0) is 25.2 Å². The molecule has 5 atom stereocenters. The number of rotatable bonds is 5. The van der Waals surface area contributed by atoms with Gasteiger partial charge in [-0.1, -0.05) is 20.3 Å². The number of carbonyl (C=O) groups is 2. The molecule has 2 saturated heterocycles. The van der Waals surface area contributed by atoms with Crippen molar-refractivity contribution in [3.63, 3.8) is 0 Å². The summed E-state index contributed by atoms with van der Waals surface area (Å²) in [7, 11) is 0. The standard InChI is InChI=1S/C13H22N2O3/c1-3-7(2)11(13(17)18)15-12(16)9-6-8-4-5-10(9)14-8/h7-11,14H,3-6H2,1-2H3,(H,15,16)(H,17,18)/t7-,8?,9?,10?,11-/m0/s1. The minimum absolute atomic E-state index is 0.0435. The topological polar surface area (TPSA) is 78.4 Å². The van der Waals surface area contributed by atoms with Gasteiger partial charge >= 0.3 is 5.97 Å². The fourth-order valence-electron chi connectivity index (χ4n) is 3.06. The van der Waals surface area contributed by atoms with Crippen LogP contribution in [0.5, 0.6) is 0 Å². The summed E-state index contributed by atoms with van der Waals surface area (Å²) in [5.74, 6) is -1.12. The van der Waals surface area contributed by atoms with E-state index >= 15 is 0 Å². The molecule has 2 rings (SSSR count). The lowest BCUT2D eigenvalue weighted by Crippen LogP contribution is -2.49. The Bertz CT molecular complexity index is 345. The van der Waals surface area contributed by atoms with Gasteiger partial charge in [0.1, 0.15) is 6.04 Å². The Hall–Kier alpha value is -1.10. The minimum atomic E-state index is -0.936. The van der Waals surface area contributed by atoms with Crippen molar-refractivity contribution in [2.45, 2.75) is 57.7 Å². The van der Waals surface area contributed by atoms with E-state index in [1.807, 2.05) is 13.8 Å². The highest BCUT2D eigenvalue weighted by molar-refractivity contribution is 5.86. The van der Waals surface area contributed by atoms with Crippen LogP contribution in [0.25, 0.3) is 0 Å². The molecule has 2 aliphatic rings. The lowest BCUT2D eigenvalue weighted by Gasteiger charge is -2.25. The summed E-state index contributed by atoms with van der Waals surface area (Å²) < 4.78 is 0. The van der Waals surface area contributed by atoms with Crippen LogP contribution >= 0.6 is 0 Å². The van der Waals surface area contributed by atoms with Gasteiger partial charge in [0.2, 0.25) is 5.91 Å². The number of hydrogen-bond acceptors (Lipinski definition) is 3. The summed E-state index contributed by atoms with van der Waals surface area (Å²) in [5, 5.41) is 15.3. The van der Waals surface area contributed by atoms with E-state index in [1.54, 1.807) is 0 Å². The van der Waals surface area contributed by atoms with Crippen LogP contribution in [0.2, 0.25) is 0 Å². The van der Waals surface area contributed by atoms with Gasteiger partial charge in [-0.3, -0.25) is 4.79 Å². The first-order valence-electron chi connectivity index (χ1n) is 6.82. The van der Waals surface area contributed by atoms with E-state index in [-0.39, 0.29) is 23.8 Å². The third-order valence-electron chi connectivity index (χ3n) is 4.41. The number of amides is 1. The Morgan fingerprint density at radius 3 is 2.61 bits per heavy atom.